The summed E-state index contributed by atoms with van der Waals surface area (Å²) in [6.07, 6.45) is 1.62. The van der Waals surface area contributed by atoms with Crippen molar-refractivity contribution >= 4 is 12.2 Å². The minimum atomic E-state index is -0.0382. The monoisotopic (exact) mass is 223 g/mol. The molecule has 1 rings (SSSR count). The first-order chi connectivity index (χ1) is 7.67. The van der Waals surface area contributed by atoms with Crippen molar-refractivity contribution in [3.05, 3.63) is 23.8 Å². The van der Waals surface area contributed by atoms with Gasteiger partial charge in [0.2, 0.25) is 6.21 Å². The summed E-state index contributed by atoms with van der Waals surface area (Å²) in [4.78, 5) is 0. The van der Waals surface area contributed by atoms with Gasteiger partial charge in [0.25, 0.3) is 5.96 Å². The molecule has 6 heteroatoms. The van der Waals surface area contributed by atoms with Gasteiger partial charge in [-0.3, -0.25) is 0 Å². The van der Waals surface area contributed by atoms with Crippen molar-refractivity contribution in [2.24, 2.45) is 16.6 Å². The second-order valence-corrected chi connectivity index (χ2v) is 2.92. The molecule has 0 aliphatic rings. The largest absolute Gasteiger partial charge is 0.497 e. The number of hydrazone groups is 1. The van der Waals surface area contributed by atoms with Gasteiger partial charge in [0.15, 0.2) is 0 Å². The lowest BCUT2D eigenvalue weighted by molar-refractivity contribution is -0.456. The third-order valence-corrected chi connectivity index (χ3v) is 1.85. The maximum atomic E-state index is 5.18. The second kappa shape index (κ2) is 5.59. The van der Waals surface area contributed by atoms with Crippen LogP contribution in [0.5, 0.6) is 11.5 Å². The molecule has 0 saturated carbocycles. The number of rotatable bonds is 4. The predicted molar refractivity (Wildman–Crippen MR) is 61.5 cm³/mol. The van der Waals surface area contributed by atoms with E-state index in [1.807, 2.05) is 12.1 Å². The molecule has 0 aromatic heterocycles. The van der Waals surface area contributed by atoms with Gasteiger partial charge in [0, 0.05) is 11.2 Å². The van der Waals surface area contributed by atoms with E-state index in [4.69, 9.17) is 20.9 Å². The Hall–Kier alpha value is -2.24. The van der Waals surface area contributed by atoms with Crippen LogP contribution in [0.2, 0.25) is 0 Å². The van der Waals surface area contributed by atoms with Crippen molar-refractivity contribution in [3.63, 3.8) is 0 Å². The van der Waals surface area contributed by atoms with Gasteiger partial charge in [-0.15, -0.1) is 5.10 Å². The molecule has 0 fully saturated rings. The highest BCUT2D eigenvalue weighted by molar-refractivity contribution is 5.80. The Balaban J connectivity index is 2.96. The summed E-state index contributed by atoms with van der Waals surface area (Å²) >= 11 is 0. The molecule has 86 valence electrons. The van der Waals surface area contributed by atoms with E-state index in [0.29, 0.717) is 5.75 Å². The van der Waals surface area contributed by atoms with E-state index in [1.54, 1.807) is 26.5 Å². The Morgan fingerprint density at radius 1 is 1.31 bits per heavy atom. The number of nitrogens with two attached hydrogens (primary N) is 2. The average Bonchev–Trinajstić information content (AvgIpc) is 2.29. The van der Waals surface area contributed by atoms with E-state index in [9.17, 15) is 0 Å². The van der Waals surface area contributed by atoms with Gasteiger partial charge < -0.3 is 20.9 Å². The number of nitrogens with zero attached hydrogens (tertiary/aromatic N) is 1. The fourth-order valence-corrected chi connectivity index (χ4v) is 1.11. The summed E-state index contributed by atoms with van der Waals surface area (Å²) in [5.41, 5.74) is 11.1. The molecule has 1 aromatic carbocycles. The summed E-state index contributed by atoms with van der Waals surface area (Å²) in [6, 6.07) is 5.40. The van der Waals surface area contributed by atoms with E-state index >= 15 is 0 Å². The molecular weight excluding hydrogens is 208 g/mol. The number of hydrogen-bond acceptors (Lipinski definition) is 3. The maximum absolute atomic E-state index is 5.18. The molecule has 0 aliphatic heterocycles. The summed E-state index contributed by atoms with van der Waals surface area (Å²) < 4.78 is 10.3. The molecule has 1 aromatic rings. The van der Waals surface area contributed by atoms with Crippen molar-refractivity contribution in [3.8, 4) is 11.5 Å². The Morgan fingerprint density at radius 3 is 2.62 bits per heavy atom. The zero-order valence-corrected chi connectivity index (χ0v) is 9.23. The van der Waals surface area contributed by atoms with Crippen LogP contribution in [0.15, 0.2) is 23.3 Å². The zero-order valence-electron chi connectivity index (χ0n) is 9.23. The van der Waals surface area contributed by atoms with E-state index in [0.717, 1.165) is 11.3 Å². The summed E-state index contributed by atoms with van der Waals surface area (Å²) in [7, 11) is 3.17. The highest BCUT2D eigenvalue weighted by Crippen LogP contribution is 2.22. The summed E-state index contributed by atoms with van der Waals surface area (Å²) in [6.45, 7) is 0. The number of methoxy groups -OCH3 is 2. The summed E-state index contributed by atoms with van der Waals surface area (Å²) in [5.74, 6) is 1.34. The molecular formula is C10H15N4O2+. The first-order valence-electron chi connectivity index (χ1n) is 4.56. The Morgan fingerprint density at radius 2 is 2.06 bits per heavy atom. The highest BCUT2D eigenvalue weighted by atomic mass is 16.5. The van der Waals surface area contributed by atoms with Gasteiger partial charge >= 0.3 is 0 Å². The zero-order chi connectivity index (χ0) is 12.0. The molecule has 0 spiro atoms. The molecule has 16 heavy (non-hydrogen) atoms. The van der Waals surface area contributed by atoms with Crippen LogP contribution in [0.4, 0.5) is 0 Å². The maximum Gasteiger partial charge on any atom is 0.256 e. The molecule has 0 saturated heterocycles. The molecule has 0 radical (unpaired) electrons. The molecule has 0 heterocycles. The van der Waals surface area contributed by atoms with E-state index in [1.165, 1.54) is 0 Å². The normalized spacial score (nSPS) is 10.1. The van der Waals surface area contributed by atoms with Gasteiger partial charge in [-0.25, -0.2) is 0 Å². The van der Waals surface area contributed by atoms with Crippen LogP contribution in [-0.2, 0) is 0 Å². The van der Waals surface area contributed by atoms with E-state index in [2.05, 4.69) is 10.2 Å². The topological polar surface area (TPSA) is 96.8 Å². The van der Waals surface area contributed by atoms with Gasteiger partial charge in [-0.2, -0.15) is 0 Å². The molecule has 0 atom stereocenters. The van der Waals surface area contributed by atoms with E-state index < -0.39 is 0 Å². The molecule has 0 amide bonds. The number of guanidine groups is 1. The van der Waals surface area contributed by atoms with Crippen molar-refractivity contribution in [2.45, 2.75) is 0 Å². The van der Waals surface area contributed by atoms with Gasteiger partial charge in [-0.1, -0.05) is 0 Å². The Kier molecular flexibility index (Phi) is 4.14. The Bertz CT molecular complexity index is 411. The smallest absolute Gasteiger partial charge is 0.256 e. The van der Waals surface area contributed by atoms with Crippen LogP contribution >= 0.6 is 0 Å². The first-order valence-corrected chi connectivity index (χ1v) is 4.56. The minimum Gasteiger partial charge on any atom is -0.497 e. The van der Waals surface area contributed by atoms with Crippen molar-refractivity contribution < 1.29 is 14.6 Å². The van der Waals surface area contributed by atoms with Crippen LogP contribution in [0.25, 0.3) is 0 Å². The average molecular weight is 223 g/mol. The molecule has 5 N–H and O–H groups in total. The number of ether oxygens (including phenoxy) is 2. The molecule has 0 aliphatic carbocycles. The van der Waals surface area contributed by atoms with Crippen LogP contribution in [0.1, 0.15) is 5.56 Å². The lowest BCUT2D eigenvalue weighted by atomic mass is 10.2. The van der Waals surface area contributed by atoms with Gasteiger partial charge in [0.05, 0.1) is 19.8 Å². The quantitative estimate of drug-likeness (QED) is 0.325. The number of hydrogen-bond donors (Lipinski definition) is 3. The standard InChI is InChI=1S/C10H14N4O2/c1-15-8-4-3-7(9(5-8)16-2)6-13-14-10(11)12/h3-6H,1-2H3,(H4,11,12,14)/p+1/b13-6-. The van der Waals surface area contributed by atoms with Crippen molar-refractivity contribution in [1.29, 1.82) is 0 Å². The molecule has 6 nitrogen and oxygen atoms in total. The third-order valence-electron chi connectivity index (χ3n) is 1.85. The number of nitrogens with one attached hydrogen (secondary N) is 1. The first kappa shape index (κ1) is 11.8. The van der Waals surface area contributed by atoms with Gasteiger partial charge in [-0.05, 0) is 12.1 Å². The molecule has 0 bridgehead atoms. The predicted octanol–water partition coefficient (Wildman–Crippen LogP) is -1.61. The van der Waals surface area contributed by atoms with Crippen LogP contribution in [0.3, 0.4) is 0 Å². The molecule has 0 unspecified atom stereocenters. The lowest BCUT2D eigenvalue weighted by Gasteiger charge is -2.04. The fourth-order valence-electron chi connectivity index (χ4n) is 1.11. The SMILES string of the molecule is COc1ccc(/C=[NH+]\N=C(N)N)c(OC)c1. The van der Waals surface area contributed by atoms with Crippen molar-refractivity contribution in [1.82, 2.24) is 0 Å². The third kappa shape index (κ3) is 3.16. The van der Waals surface area contributed by atoms with Crippen LogP contribution in [-0.4, -0.2) is 26.4 Å². The van der Waals surface area contributed by atoms with Crippen molar-refractivity contribution in [2.75, 3.05) is 14.2 Å². The fraction of sp³-hybridized carbons (Fsp3) is 0.200. The number of benzene rings is 1. The highest BCUT2D eigenvalue weighted by Gasteiger charge is 2.04. The summed E-state index contributed by atoms with van der Waals surface area (Å²) in [5, 5.41) is 6.22. The van der Waals surface area contributed by atoms with E-state index in [-0.39, 0.29) is 5.96 Å². The Labute approximate surface area is 93.6 Å². The van der Waals surface area contributed by atoms with Gasteiger partial charge in [0.1, 0.15) is 11.5 Å². The van der Waals surface area contributed by atoms with Crippen LogP contribution in [0, 0.1) is 0 Å². The van der Waals surface area contributed by atoms with Crippen LogP contribution < -0.4 is 26.0 Å². The minimum absolute atomic E-state index is 0.0382. The lowest BCUT2D eigenvalue weighted by Crippen LogP contribution is -2.63. The second-order valence-electron chi connectivity index (χ2n) is 2.92.